The first-order valence-corrected chi connectivity index (χ1v) is 6.54. The molecule has 0 unspecified atom stereocenters. The van der Waals surface area contributed by atoms with Crippen molar-refractivity contribution in [1.82, 2.24) is 0 Å². The lowest BCUT2D eigenvalue weighted by Gasteiger charge is -2.03. The van der Waals surface area contributed by atoms with Crippen molar-refractivity contribution in [3.63, 3.8) is 0 Å². The maximum Gasteiger partial charge on any atom is 0.248 e. The summed E-state index contributed by atoms with van der Waals surface area (Å²) >= 11 is 5.82. The van der Waals surface area contributed by atoms with E-state index in [1.807, 2.05) is 0 Å². The molecule has 0 aliphatic carbocycles. The third-order valence-corrected chi connectivity index (χ3v) is 2.93. The minimum absolute atomic E-state index is 0.163. The van der Waals surface area contributed by atoms with E-state index in [0.29, 0.717) is 16.3 Å². The first-order valence-electron chi connectivity index (χ1n) is 6.16. The smallest absolute Gasteiger partial charge is 0.248 e. The Kier molecular flexibility index (Phi) is 4.95. The van der Waals surface area contributed by atoms with Crippen LogP contribution in [0, 0.1) is 5.82 Å². The van der Waals surface area contributed by atoms with Crippen molar-refractivity contribution < 1.29 is 13.9 Å². The van der Waals surface area contributed by atoms with E-state index in [9.17, 15) is 9.18 Å². The van der Waals surface area contributed by atoms with Crippen LogP contribution in [0.15, 0.2) is 48.5 Å². The molecule has 0 bridgehead atoms. The van der Waals surface area contributed by atoms with Crippen LogP contribution in [0.25, 0.3) is 6.08 Å². The molecule has 1 N–H and O–H groups in total. The largest absolute Gasteiger partial charge is 0.494 e. The Morgan fingerprint density at radius 1 is 1.29 bits per heavy atom. The van der Waals surface area contributed by atoms with Crippen LogP contribution in [-0.4, -0.2) is 13.0 Å². The van der Waals surface area contributed by atoms with Gasteiger partial charge in [0.1, 0.15) is 0 Å². The lowest BCUT2D eigenvalue weighted by molar-refractivity contribution is -0.111. The van der Waals surface area contributed by atoms with E-state index in [2.05, 4.69) is 5.32 Å². The standard InChI is InChI=1S/C16H13ClFNO2/c1-21-15-7-5-11(9-14(15)18)6-8-16(20)19-13-4-2-3-12(17)10-13/h2-10H,1H3,(H,19,20)/b8-6+. The Labute approximate surface area is 127 Å². The zero-order valence-electron chi connectivity index (χ0n) is 11.3. The van der Waals surface area contributed by atoms with Gasteiger partial charge in [-0.3, -0.25) is 4.79 Å². The molecule has 0 atom stereocenters. The number of benzene rings is 2. The topological polar surface area (TPSA) is 38.3 Å². The minimum atomic E-state index is -0.477. The molecule has 3 nitrogen and oxygen atoms in total. The van der Waals surface area contributed by atoms with Gasteiger partial charge >= 0.3 is 0 Å². The zero-order chi connectivity index (χ0) is 15.2. The fraction of sp³-hybridized carbons (Fsp3) is 0.0625. The highest BCUT2D eigenvalue weighted by Crippen LogP contribution is 2.18. The number of methoxy groups -OCH3 is 1. The number of carbonyl (C=O) groups excluding carboxylic acids is 1. The molecule has 21 heavy (non-hydrogen) atoms. The first kappa shape index (κ1) is 15.1. The summed E-state index contributed by atoms with van der Waals surface area (Å²) in [6.07, 6.45) is 2.84. The number of hydrogen-bond acceptors (Lipinski definition) is 2. The third kappa shape index (κ3) is 4.33. The first-order chi connectivity index (χ1) is 10.1. The van der Waals surface area contributed by atoms with E-state index in [1.165, 1.54) is 31.4 Å². The van der Waals surface area contributed by atoms with Crippen LogP contribution in [0.4, 0.5) is 10.1 Å². The number of carbonyl (C=O) groups is 1. The molecule has 0 fully saturated rings. The van der Waals surface area contributed by atoms with Gasteiger partial charge in [0.15, 0.2) is 11.6 Å². The molecule has 2 aromatic carbocycles. The Morgan fingerprint density at radius 2 is 2.10 bits per heavy atom. The van der Waals surface area contributed by atoms with Crippen LogP contribution in [0.2, 0.25) is 5.02 Å². The van der Waals surface area contributed by atoms with Crippen molar-refractivity contribution in [1.29, 1.82) is 0 Å². The summed E-state index contributed by atoms with van der Waals surface area (Å²) in [6, 6.07) is 11.3. The highest BCUT2D eigenvalue weighted by molar-refractivity contribution is 6.30. The highest BCUT2D eigenvalue weighted by atomic mass is 35.5. The average Bonchev–Trinajstić information content (AvgIpc) is 2.45. The number of rotatable bonds is 4. The summed E-state index contributed by atoms with van der Waals surface area (Å²) in [7, 11) is 1.40. The molecule has 0 aliphatic heterocycles. The summed E-state index contributed by atoms with van der Waals surface area (Å²) in [5.74, 6) is -0.640. The number of halogens is 2. The molecule has 1 amide bonds. The Bertz CT molecular complexity index is 686. The minimum Gasteiger partial charge on any atom is -0.494 e. The van der Waals surface area contributed by atoms with E-state index < -0.39 is 5.82 Å². The summed E-state index contributed by atoms with van der Waals surface area (Å²) in [6.45, 7) is 0. The van der Waals surface area contributed by atoms with Gasteiger partial charge in [-0.25, -0.2) is 4.39 Å². The summed E-state index contributed by atoms with van der Waals surface area (Å²) < 4.78 is 18.3. The molecule has 0 aliphatic rings. The summed E-state index contributed by atoms with van der Waals surface area (Å²) in [5.41, 5.74) is 1.16. The maximum atomic E-state index is 13.5. The second-order valence-corrected chi connectivity index (χ2v) is 4.66. The molecule has 0 heterocycles. The molecule has 5 heteroatoms. The predicted molar refractivity (Wildman–Crippen MR) is 82.1 cm³/mol. The molecule has 2 aromatic rings. The van der Waals surface area contributed by atoms with Crippen LogP contribution in [-0.2, 0) is 4.79 Å². The van der Waals surface area contributed by atoms with Gasteiger partial charge in [-0.15, -0.1) is 0 Å². The van der Waals surface area contributed by atoms with Crippen LogP contribution >= 0.6 is 11.6 Å². The monoisotopic (exact) mass is 305 g/mol. The van der Waals surface area contributed by atoms with Crippen LogP contribution < -0.4 is 10.1 Å². The lowest BCUT2D eigenvalue weighted by atomic mass is 10.2. The molecule has 108 valence electrons. The quantitative estimate of drug-likeness (QED) is 0.862. The van der Waals surface area contributed by atoms with Crippen LogP contribution in [0.3, 0.4) is 0 Å². The lowest BCUT2D eigenvalue weighted by Crippen LogP contribution is -2.07. The van der Waals surface area contributed by atoms with Crippen molar-refractivity contribution in [2.24, 2.45) is 0 Å². The van der Waals surface area contributed by atoms with E-state index >= 15 is 0 Å². The molecule has 0 aromatic heterocycles. The van der Waals surface area contributed by atoms with Crippen molar-refractivity contribution in [3.8, 4) is 5.75 Å². The van der Waals surface area contributed by atoms with Crippen molar-refractivity contribution >= 4 is 29.3 Å². The summed E-state index contributed by atoms with van der Waals surface area (Å²) in [5, 5.41) is 3.20. The van der Waals surface area contributed by atoms with E-state index in [0.717, 1.165) is 0 Å². The Hall–Kier alpha value is -2.33. The molecular formula is C16H13ClFNO2. The van der Waals surface area contributed by atoms with Gasteiger partial charge in [-0.05, 0) is 42.0 Å². The fourth-order valence-corrected chi connectivity index (χ4v) is 1.90. The number of hydrogen-bond donors (Lipinski definition) is 1. The van der Waals surface area contributed by atoms with Crippen molar-refractivity contribution in [3.05, 3.63) is 64.9 Å². The molecule has 0 radical (unpaired) electrons. The normalized spacial score (nSPS) is 10.6. The average molecular weight is 306 g/mol. The van der Waals surface area contributed by atoms with E-state index in [-0.39, 0.29) is 11.7 Å². The SMILES string of the molecule is COc1ccc(/C=C/C(=O)Nc2cccc(Cl)c2)cc1F. The third-order valence-electron chi connectivity index (χ3n) is 2.70. The maximum absolute atomic E-state index is 13.5. The van der Waals surface area contributed by atoms with Gasteiger partial charge < -0.3 is 10.1 Å². The number of amides is 1. The summed E-state index contributed by atoms with van der Waals surface area (Å²) in [4.78, 5) is 11.7. The molecule has 2 rings (SSSR count). The van der Waals surface area contributed by atoms with Gasteiger partial charge in [-0.2, -0.15) is 0 Å². The van der Waals surface area contributed by atoms with Crippen molar-refractivity contribution in [2.75, 3.05) is 12.4 Å². The van der Waals surface area contributed by atoms with E-state index in [1.54, 1.807) is 30.3 Å². The number of ether oxygens (including phenoxy) is 1. The van der Waals surface area contributed by atoms with Gasteiger partial charge in [0.2, 0.25) is 5.91 Å². The van der Waals surface area contributed by atoms with Crippen LogP contribution in [0.5, 0.6) is 5.75 Å². The van der Waals surface area contributed by atoms with Gasteiger partial charge in [0.05, 0.1) is 7.11 Å². The fourth-order valence-electron chi connectivity index (χ4n) is 1.71. The molecular weight excluding hydrogens is 293 g/mol. The van der Waals surface area contributed by atoms with E-state index in [4.69, 9.17) is 16.3 Å². The molecule has 0 saturated carbocycles. The Balaban J connectivity index is 2.03. The van der Waals surface area contributed by atoms with Gasteiger partial charge in [-0.1, -0.05) is 23.7 Å². The second kappa shape index (κ2) is 6.90. The predicted octanol–water partition coefficient (Wildman–Crippen LogP) is 4.14. The molecule has 0 spiro atoms. The zero-order valence-corrected chi connectivity index (χ0v) is 12.0. The molecule has 0 saturated heterocycles. The van der Waals surface area contributed by atoms with Crippen molar-refractivity contribution in [2.45, 2.75) is 0 Å². The second-order valence-electron chi connectivity index (χ2n) is 4.23. The van der Waals surface area contributed by atoms with Gasteiger partial charge in [0.25, 0.3) is 0 Å². The highest BCUT2D eigenvalue weighted by Gasteiger charge is 2.02. The number of nitrogens with one attached hydrogen (secondary N) is 1. The number of anilines is 1. The van der Waals surface area contributed by atoms with Crippen LogP contribution in [0.1, 0.15) is 5.56 Å². The van der Waals surface area contributed by atoms with Gasteiger partial charge in [0, 0.05) is 16.8 Å². The Morgan fingerprint density at radius 3 is 2.76 bits per heavy atom.